The Balaban J connectivity index is 2.33. The van der Waals surface area contributed by atoms with Crippen molar-refractivity contribution in [2.45, 2.75) is 32.4 Å². The summed E-state index contributed by atoms with van der Waals surface area (Å²) >= 11 is 0. The maximum absolute atomic E-state index is 11.4. The average Bonchev–Trinajstić information content (AvgIpc) is 2.47. The average molecular weight is 273 g/mol. The number of hydrogen-bond donors (Lipinski definition) is 2. The summed E-state index contributed by atoms with van der Waals surface area (Å²) in [6, 6.07) is 7.76. The summed E-state index contributed by atoms with van der Waals surface area (Å²) in [5.41, 5.74) is 7.45. The number of aliphatic hydroxyl groups excluding tert-OH is 1. The minimum absolute atomic E-state index is 0.0889. The molecule has 0 aliphatic carbocycles. The molecule has 0 aromatic heterocycles. The molecule has 5 heteroatoms. The standard InChI is InChI=1S/C15H19N3O2/c1-10-2-4-12(15(17)20)8-18(10)14-5-3-11(9-19)6-13(14)7-16/h3,5-6,10,12,19H,2,4,8-9H2,1H3,(H2,17,20). The van der Waals surface area contributed by atoms with Crippen molar-refractivity contribution in [2.24, 2.45) is 11.7 Å². The molecule has 3 N–H and O–H groups in total. The highest BCUT2D eigenvalue weighted by atomic mass is 16.3. The molecule has 1 aromatic rings. The van der Waals surface area contributed by atoms with Gasteiger partial charge in [-0.2, -0.15) is 5.26 Å². The van der Waals surface area contributed by atoms with Gasteiger partial charge in [0.05, 0.1) is 23.8 Å². The molecule has 2 unspecified atom stereocenters. The van der Waals surface area contributed by atoms with Crippen molar-refractivity contribution >= 4 is 11.6 Å². The van der Waals surface area contributed by atoms with E-state index in [1.54, 1.807) is 12.1 Å². The van der Waals surface area contributed by atoms with Crippen LogP contribution in [0.4, 0.5) is 5.69 Å². The van der Waals surface area contributed by atoms with E-state index in [1.165, 1.54) is 0 Å². The maximum atomic E-state index is 11.4. The number of amides is 1. The van der Waals surface area contributed by atoms with Crippen LogP contribution in [-0.2, 0) is 11.4 Å². The van der Waals surface area contributed by atoms with Crippen LogP contribution in [0.3, 0.4) is 0 Å². The summed E-state index contributed by atoms with van der Waals surface area (Å²) in [5.74, 6) is -0.456. The second-order valence-corrected chi connectivity index (χ2v) is 5.30. The van der Waals surface area contributed by atoms with Crippen molar-refractivity contribution in [1.82, 2.24) is 0 Å². The van der Waals surface area contributed by atoms with Crippen LogP contribution in [0, 0.1) is 17.2 Å². The van der Waals surface area contributed by atoms with Crippen LogP contribution < -0.4 is 10.6 Å². The number of anilines is 1. The minimum atomic E-state index is -0.285. The molecule has 1 heterocycles. The topological polar surface area (TPSA) is 90.3 Å². The lowest BCUT2D eigenvalue weighted by Gasteiger charge is -2.39. The second-order valence-electron chi connectivity index (χ2n) is 5.30. The predicted octanol–water partition coefficient (Wildman–Crippen LogP) is 1.14. The number of nitriles is 1. The molecular weight excluding hydrogens is 254 g/mol. The van der Waals surface area contributed by atoms with Crippen molar-refractivity contribution in [3.63, 3.8) is 0 Å². The zero-order chi connectivity index (χ0) is 14.7. The van der Waals surface area contributed by atoms with Crippen molar-refractivity contribution in [2.75, 3.05) is 11.4 Å². The highest BCUT2D eigenvalue weighted by Gasteiger charge is 2.29. The van der Waals surface area contributed by atoms with E-state index < -0.39 is 0 Å². The van der Waals surface area contributed by atoms with Crippen molar-refractivity contribution in [3.8, 4) is 6.07 Å². The first-order chi connectivity index (χ1) is 9.56. The summed E-state index contributed by atoms with van der Waals surface area (Å²) in [6.07, 6.45) is 1.67. The van der Waals surface area contributed by atoms with Crippen LogP contribution in [0.25, 0.3) is 0 Å². The smallest absolute Gasteiger partial charge is 0.222 e. The van der Waals surface area contributed by atoms with Crippen molar-refractivity contribution in [1.29, 1.82) is 5.26 Å². The fraction of sp³-hybridized carbons (Fsp3) is 0.467. The van der Waals surface area contributed by atoms with E-state index >= 15 is 0 Å². The molecule has 1 aliphatic rings. The van der Waals surface area contributed by atoms with Crippen LogP contribution in [-0.4, -0.2) is 23.6 Å². The van der Waals surface area contributed by atoms with Gasteiger partial charge in [0, 0.05) is 12.6 Å². The summed E-state index contributed by atoms with van der Waals surface area (Å²) in [7, 11) is 0. The Morgan fingerprint density at radius 1 is 1.55 bits per heavy atom. The molecule has 1 saturated heterocycles. The Labute approximate surface area is 118 Å². The molecule has 0 radical (unpaired) electrons. The third-order valence-electron chi connectivity index (χ3n) is 3.96. The van der Waals surface area contributed by atoms with E-state index in [0.29, 0.717) is 17.7 Å². The minimum Gasteiger partial charge on any atom is -0.392 e. The number of nitrogens with two attached hydrogens (primary N) is 1. The van der Waals surface area contributed by atoms with E-state index in [4.69, 9.17) is 10.8 Å². The third kappa shape index (κ3) is 2.75. The quantitative estimate of drug-likeness (QED) is 0.864. The van der Waals surface area contributed by atoms with Gasteiger partial charge in [0.2, 0.25) is 5.91 Å². The summed E-state index contributed by atoms with van der Waals surface area (Å²) in [5, 5.41) is 18.4. The van der Waals surface area contributed by atoms with Gasteiger partial charge in [0.1, 0.15) is 6.07 Å². The summed E-state index contributed by atoms with van der Waals surface area (Å²) in [4.78, 5) is 13.5. The zero-order valence-electron chi connectivity index (χ0n) is 11.5. The lowest BCUT2D eigenvalue weighted by atomic mass is 9.91. The van der Waals surface area contributed by atoms with E-state index in [0.717, 1.165) is 18.5 Å². The van der Waals surface area contributed by atoms with Gasteiger partial charge in [-0.15, -0.1) is 0 Å². The van der Waals surface area contributed by atoms with Gasteiger partial charge < -0.3 is 15.7 Å². The molecule has 1 fully saturated rings. The molecule has 2 rings (SSSR count). The van der Waals surface area contributed by atoms with Crippen molar-refractivity contribution < 1.29 is 9.90 Å². The highest BCUT2D eigenvalue weighted by Crippen LogP contribution is 2.30. The summed E-state index contributed by atoms with van der Waals surface area (Å²) in [6.45, 7) is 2.54. The van der Waals surface area contributed by atoms with Crippen LogP contribution in [0.1, 0.15) is 30.9 Å². The Morgan fingerprint density at radius 3 is 2.90 bits per heavy atom. The van der Waals surface area contributed by atoms with Gasteiger partial charge >= 0.3 is 0 Å². The second kappa shape index (κ2) is 5.93. The van der Waals surface area contributed by atoms with Gasteiger partial charge in [0.25, 0.3) is 0 Å². The zero-order valence-corrected chi connectivity index (χ0v) is 11.5. The predicted molar refractivity (Wildman–Crippen MR) is 75.8 cm³/mol. The molecule has 0 saturated carbocycles. The van der Waals surface area contributed by atoms with Gasteiger partial charge in [-0.25, -0.2) is 0 Å². The number of primary amides is 1. The first-order valence-corrected chi connectivity index (χ1v) is 6.76. The molecule has 1 aromatic carbocycles. The van der Waals surface area contributed by atoms with Gasteiger partial charge in [-0.1, -0.05) is 6.07 Å². The lowest BCUT2D eigenvalue weighted by molar-refractivity contribution is -0.122. The normalized spacial score (nSPS) is 22.4. The molecule has 106 valence electrons. The molecule has 1 amide bonds. The lowest BCUT2D eigenvalue weighted by Crippen LogP contribution is -2.46. The molecule has 1 aliphatic heterocycles. The van der Waals surface area contributed by atoms with Gasteiger partial charge in [-0.05, 0) is 37.5 Å². The number of carbonyl (C=O) groups excluding carboxylic acids is 1. The van der Waals surface area contributed by atoms with Gasteiger partial charge in [0.15, 0.2) is 0 Å². The van der Waals surface area contributed by atoms with E-state index in [9.17, 15) is 10.1 Å². The molecular formula is C15H19N3O2. The van der Waals surface area contributed by atoms with Crippen LogP contribution in [0.15, 0.2) is 18.2 Å². The largest absolute Gasteiger partial charge is 0.392 e. The van der Waals surface area contributed by atoms with E-state index in [2.05, 4.69) is 17.9 Å². The molecule has 0 bridgehead atoms. The number of aliphatic hydroxyl groups is 1. The fourth-order valence-electron chi connectivity index (χ4n) is 2.70. The summed E-state index contributed by atoms with van der Waals surface area (Å²) < 4.78 is 0. The van der Waals surface area contributed by atoms with E-state index in [-0.39, 0.29) is 24.5 Å². The van der Waals surface area contributed by atoms with Crippen LogP contribution >= 0.6 is 0 Å². The van der Waals surface area contributed by atoms with Crippen LogP contribution in [0.5, 0.6) is 0 Å². The molecule has 20 heavy (non-hydrogen) atoms. The fourth-order valence-corrected chi connectivity index (χ4v) is 2.70. The Hall–Kier alpha value is -2.06. The highest BCUT2D eigenvalue weighted by molar-refractivity contribution is 5.78. The first kappa shape index (κ1) is 14.4. The number of benzene rings is 1. The Kier molecular flexibility index (Phi) is 4.26. The number of piperidine rings is 1. The monoisotopic (exact) mass is 273 g/mol. The molecule has 5 nitrogen and oxygen atoms in total. The number of carbonyl (C=O) groups is 1. The number of hydrogen-bond acceptors (Lipinski definition) is 4. The maximum Gasteiger partial charge on any atom is 0.222 e. The third-order valence-corrected chi connectivity index (χ3v) is 3.96. The Bertz CT molecular complexity index is 551. The SMILES string of the molecule is CC1CCC(C(N)=O)CN1c1ccc(CO)cc1C#N. The number of nitrogens with zero attached hydrogens (tertiary/aromatic N) is 2. The van der Waals surface area contributed by atoms with Gasteiger partial charge in [-0.3, -0.25) is 4.79 Å². The number of rotatable bonds is 3. The first-order valence-electron chi connectivity index (χ1n) is 6.76. The van der Waals surface area contributed by atoms with E-state index in [1.807, 2.05) is 6.07 Å². The molecule has 2 atom stereocenters. The Morgan fingerprint density at radius 2 is 2.30 bits per heavy atom. The molecule has 0 spiro atoms. The van der Waals surface area contributed by atoms with Crippen molar-refractivity contribution in [3.05, 3.63) is 29.3 Å². The van der Waals surface area contributed by atoms with Crippen LogP contribution in [0.2, 0.25) is 0 Å².